The van der Waals surface area contributed by atoms with Gasteiger partial charge in [0.15, 0.2) is 0 Å². The minimum absolute atomic E-state index is 0.151. The number of ether oxygens (including phenoxy) is 3. The molecule has 6 rings (SSSR count). The van der Waals surface area contributed by atoms with Crippen LogP contribution in [0, 0.1) is 11.3 Å². The summed E-state index contributed by atoms with van der Waals surface area (Å²) in [6.45, 7) is 8.22. The standard InChI is InChI=1S/C39H42Cl2N4O6/c1-38(2,3)51-37(48)44(4)19-25-12-13-30(43-35(25)50-6)29-9-7-8-27(32(29)40)28-14-15-42-34(33(28)41)23-10-11-24(31(16-23)49-5)20-45-21-39(22-45)17-26(18-39)36(46)47/h7-16,26H,17-22H2,1-6H3,(H,46,47). The van der Waals surface area contributed by atoms with E-state index in [1.165, 1.54) is 12.0 Å². The predicted octanol–water partition coefficient (Wildman–Crippen LogP) is 8.47. The molecule has 1 saturated carbocycles. The average Bonchev–Trinajstić information content (AvgIpc) is 3.05. The van der Waals surface area contributed by atoms with Gasteiger partial charge < -0.3 is 24.2 Å². The second kappa shape index (κ2) is 14.3. The first kappa shape index (κ1) is 36.4. The lowest BCUT2D eigenvalue weighted by Gasteiger charge is -2.58. The maximum Gasteiger partial charge on any atom is 0.410 e. The summed E-state index contributed by atoms with van der Waals surface area (Å²) in [6.07, 6.45) is 2.78. The smallest absolute Gasteiger partial charge is 0.410 e. The van der Waals surface area contributed by atoms with Gasteiger partial charge in [-0.2, -0.15) is 0 Å². The van der Waals surface area contributed by atoms with Gasteiger partial charge in [0.2, 0.25) is 5.88 Å². The average molecular weight is 734 g/mol. The van der Waals surface area contributed by atoms with Gasteiger partial charge in [0.1, 0.15) is 11.4 Å². The molecule has 2 aromatic carbocycles. The summed E-state index contributed by atoms with van der Waals surface area (Å²) in [5, 5.41) is 10.2. The van der Waals surface area contributed by atoms with Gasteiger partial charge in [0, 0.05) is 66.3 Å². The minimum Gasteiger partial charge on any atom is -0.496 e. The number of carbonyl (C=O) groups excluding carboxylic acids is 1. The van der Waals surface area contributed by atoms with Gasteiger partial charge in [-0.05, 0) is 63.3 Å². The maximum absolute atomic E-state index is 12.6. The summed E-state index contributed by atoms with van der Waals surface area (Å²) in [5.41, 5.74) is 5.41. The van der Waals surface area contributed by atoms with Gasteiger partial charge in [-0.3, -0.25) is 14.7 Å². The highest BCUT2D eigenvalue weighted by molar-refractivity contribution is 6.39. The third-order valence-electron chi connectivity index (χ3n) is 9.48. The molecule has 4 aromatic rings. The van der Waals surface area contributed by atoms with Crippen LogP contribution in [0.25, 0.3) is 33.6 Å². The van der Waals surface area contributed by atoms with Crippen LogP contribution in [0.1, 0.15) is 44.7 Å². The van der Waals surface area contributed by atoms with Gasteiger partial charge in [0.25, 0.3) is 0 Å². The van der Waals surface area contributed by atoms with Crippen molar-refractivity contribution in [1.29, 1.82) is 0 Å². The number of carbonyl (C=O) groups is 2. The molecule has 2 aromatic heterocycles. The maximum atomic E-state index is 12.6. The van der Waals surface area contributed by atoms with Crippen molar-refractivity contribution in [2.24, 2.45) is 11.3 Å². The van der Waals surface area contributed by atoms with Gasteiger partial charge in [-0.1, -0.05) is 53.5 Å². The number of benzene rings is 2. The summed E-state index contributed by atoms with van der Waals surface area (Å²) < 4.78 is 16.9. The lowest BCUT2D eigenvalue weighted by molar-refractivity contribution is -0.161. The molecule has 2 fully saturated rings. The van der Waals surface area contributed by atoms with Gasteiger partial charge in [0.05, 0.1) is 48.1 Å². The molecule has 1 spiro atoms. The van der Waals surface area contributed by atoms with Crippen LogP contribution in [0.5, 0.6) is 11.6 Å². The van der Waals surface area contributed by atoms with Crippen molar-refractivity contribution in [1.82, 2.24) is 19.8 Å². The zero-order chi connectivity index (χ0) is 36.7. The molecule has 1 aliphatic heterocycles. The van der Waals surface area contributed by atoms with E-state index in [0.717, 1.165) is 42.8 Å². The molecule has 10 nitrogen and oxygen atoms in total. The quantitative estimate of drug-likeness (QED) is 0.172. The van der Waals surface area contributed by atoms with Crippen LogP contribution < -0.4 is 9.47 Å². The molecule has 51 heavy (non-hydrogen) atoms. The van der Waals surface area contributed by atoms with Crippen LogP contribution in [-0.4, -0.2) is 76.9 Å². The van der Waals surface area contributed by atoms with Gasteiger partial charge >= 0.3 is 12.1 Å². The van der Waals surface area contributed by atoms with Crippen molar-refractivity contribution in [3.63, 3.8) is 0 Å². The highest BCUT2D eigenvalue weighted by Gasteiger charge is 2.54. The van der Waals surface area contributed by atoms with Crippen molar-refractivity contribution < 1.29 is 28.9 Å². The summed E-state index contributed by atoms with van der Waals surface area (Å²) in [6, 6.07) is 17.2. The zero-order valence-corrected chi connectivity index (χ0v) is 31.1. The monoisotopic (exact) mass is 732 g/mol. The number of carboxylic acids is 1. The van der Waals surface area contributed by atoms with Crippen molar-refractivity contribution in [2.75, 3.05) is 34.4 Å². The van der Waals surface area contributed by atoms with Crippen LogP contribution >= 0.6 is 23.2 Å². The first-order valence-electron chi connectivity index (χ1n) is 16.7. The van der Waals surface area contributed by atoms with Crippen molar-refractivity contribution >= 4 is 35.3 Å². The van der Waals surface area contributed by atoms with Crippen LogP contribution in [0.2, 0.25) is 10.0 Å². The molecule has 0 radical (unpaired) electrons. The van der Waals surface area contributed by atoms with Crippen LogP contribution in [0.4, 0.5) is 4.79 Å². The Bertz CT molecular complexity index is 1970. The van der Waals surface area contributed by atoms with E-state index in [-0.39, 0.29) is 17.9 Å². The molecule has 268 valence electrons. The van der Waals surface area contributed by atoms with E-state index >= 15 is 0 Å². The molecule has 2 aliphatic rings. The van der Waals surface area contributed by atoms with Crippen molar-refractivity contribution in [2.45, 2.75) is 52.3 Å². The minimum atomic E-state index is -0.687. The molecule has 0 bridgehead atoms. The number of amides is 1. The molecule has 3 heterocycles. The Morgan fingerprint density at radius 1 is 0.961 bits per heavy atom. The predicted molar refractivity (Wildman–Crippen MR) is 197 cm³/mol. The number of nitrogens with zero attached hydrogens (tertiary/aromatic N) is 4. The van der Waals surface area contributed by atoms with E-state index in [2.05, 4.69) is 9.88 Å². The molecule has 12 heteroatoms. The van der Waals surface area contributed by atoms with E-state index in [4.69, 9.17) is 42.4 Å². The van der Waals surface area contributed by atoms with Crippen LogP contribution in [-0.2, 0) is 22.6 Å². The molecular weight excluding hydrogens is 691 g/mol. The van der Waals surface area contributed by atoms with E-state index in [0.29, 0.717) is 56.1 Å². The fourth-order valence-electron chi connectivity index (χ4n) is 7.06. The number of methoxy groups -OCH3 is 2. The Balaban J connectivity index is 1.22. The number of rotatable bonds is 10. The largest absolute Gasteiger partial charge is 0.496 e. The molecule has 1 saturated heterocycles. The SMILES string of the molecule is COc1cc(-c2nccc(-c3cccc(-c4ccc(CN(C)C(=O)OC(C)(C)C)c(OC)n4)c3Cl)c2Cl)ccc1CN1CC2(CC(C(=O)O)C2)C1. The molecule has 1 amide bonds. The number of hydrogen-bond donors (Lipinski definition) is 1. The normalized spacial score (nSPS) is 15.5. The first-order valence-corrected chi connectivity index (χ1v) is 17.5. The van der Waals surface area contributed by atoms with E-state index in [1.54, 1.807) is 20.4 Å². The number of likely N-dealkylation sites (tertiary alicyclic amines) is 1. The second-order valence-corrected chi connectivity index (χ2v) is 15.3. The Morgan fingerprint density at radius 3 is 2.31 bits per heavy atom. The number of halogens is 2. The second-order valence-electron chi connectivity index (χ2n) is 14.5. The topological polar surface area (TPSA) is 114 Å². The highest BCUT2D eigenvalue weighted by atomic mass is 35.5. The summed E-state index contributed by atoms with van der Waals surface area (Å²) in [7, 11) is 4.85. The summed E-state index contributed by atoms with van der Waals surface area (Å²) in [4.78, 5) is 37.0. The third-order valence-corrected chi connectivity index (χ3v) is 10.3. The Morgan fingerprint density at radius 2 is 1.65 bits per heavy atom. The number of pyridine rings is 2. The molecule has 1 N–H and O–H groups in total. The number of hydrogen-bond acceptors (Lipinski definition) is 8. The van der Waals surface area contributed by atoms with Crippen LogP contribution in [0.3, 0.4) is 0 Å². The van der Waals surface area contributed by atoms with Gasteiger partial charge in [-0.25, -0.2) is 9.78 Å². The highest BCUT2D eigenvalue weighted by Crippen LogP contribution is 2.52. The molecule has 1 aliphatic carbocycles. The molecule has 0 atom stereocenters. The fourth-order valence-corrected chi connectivity index (χ4v) is 7.71. The fraction of sp³-hybridized carbons (Fsp3) is 0.385. The van der Waals surface area contributed by atoms with Crippen molar-refractivity contribution in [3.8, 4) is 45.3 Å². The Kier molecular flexibility index (Phi) is 10.2. The molecule has 0 unspecified atom stereocenters. The zero-order valence-electron chi connectivity index (χ0n) is 29.6. The number of aliphatic carboxylic acids is 1. The number of aromatic nitrogens is 2. The number of carboxylic acid groups (broad SMARTS) is 1. The third kappa shape index (κ3) is 7.64. The van der Waals surface area contributed by atoms with Crippen molar-refractivity contribution in [3.05, 3.63) is 82.0 Å². The lowest BCUT2D eigenvalue weighted by Crippen LogP contribution is -2.62. The van der Waals surface area contributed by atoms with E-state index in [1.807, 2.05) is 75.4 Å². The lowest BCUT2D eigenvalue weighted by atomic mass is 9.57. The van der Waals surface area contributed by atoms with E-state index in [9.17, 15) is 14.7 Å². The summed E-state index contributed by atoms with van der Waals surface area (Å²) >= 11 is 14.2. The first-order chi connectivity index (χ1) is 24.2. The molecular formula is C39H42Cl2N4O6. The summed E-state index contributed by atoms with van der Waals surface area (Å²) in [5.74, 6) is 0.210. The van der Waals surface area contributed by atoms with Crippen LogP contribution in [0.15, 0.2) is 60.8 Å². The Labute approximate surface area is 308 Å². The Hall–Kier alpha value is -4.38. The van der Waals surface area contributed by atoms with E-state index < -0.39 is 17.7 Å². The van der Waals surface area contributed by atoms with Gasteiger partial charge in [-0.15, -0.1) is 0 Å².